The summed E-state index contributed by atoms with van der Waals surface area (Å²) in [6.45, 7) is 0.481. The highest BCUT2D eigenvalue weighted by Gasteiger charge is 2.13. The molecule has 3 aromatic heterocycles. The minimum absolute atomic E-state index is 0.0454. The molecule has 0 saturated carbocycles. The molecule has 3 aromatic rings. The van der Waals surface area contributed by atoms with E-state index in [1.54, 1.807) is 24.4 Å². The second-order valence-corrected chi connectivity index (χ2v) is 5.60. The molecule has 0 aliphatic rings. The molecule has 0 radical (unpaired) electrons. The van der Waals surface area contributed by atoms with Crippen LogP contribution in [-0.4, -0.2) is 33.0 Å². The van der Waals surface area contributed by atoms with Gasteiger partial charge in [0.15, 0.2) is 5.16 Å². The van der Waals surface area contributed by atoms with Gasteiger partial charge in [0.05, 0.1) is 30.3 Å². The maximum absolute atomic E-state index is 12.1. The molecule has 0 bridgehead atoms. The number of carbonyl (C=O) groups excluding carboxylic acids is 1. The highest BCUT2D eigenvalue weighted by molar-refractivity contribution is 7.99. The van der Waals surface area contributed by atoms with Crippen LogP contribution in [0.1, 0.15) is 5.76 Å². The number of aromatic nitrogens is 2. The summed E-state index contributed by atoms with van der Waals surface area (Å²) in [5, 5.41) is 0.824. The van der Waals surface area contributed by atoms with Gasteiger partial charge in [0.25, 0.3) is 0 Å². The van der Waals surface area contributed by atoms with Gasteiger partial charge >= 0.3 is 0 Å². The summed E-state index contributed by atoms with van der Waals surface area (Å²) >= 11 is 1.44. The van der Waals surface area contributed by atoms with E-state index in [0.29, 0.717) is 12.3 Å². The van der Waals surface area contributed by atoms with Gasteiger partial charge in [-0.15, -0.1) is 0 Å². The monoisotopic (exact) mass is 301 g/mol. The third kappa shape index (κ3) is 3.11. The van der Waals surface area contributed by atoms with Gasteiger partial charge < -0.3 is 9.32 Å². The van der Waals surface area contributed by atoms with Crippen molar-refractivity contribution in [1.29, 1.82) is 0 Å². The summed E-state index contributed by atoms with van der Waals surface area (Å²) in [4.78, 5) is 18.1. The number of pyridine rings is 1. The molecule has 0 aliphatic carbocycles. The summed E-state index contributed by atoms with van der Waals surface area (Å²) < 4.78 is 7.22. The van der Waals surface area contributed by atoms with Gasteiger partial charge in [-0.3, -0.25) is 9.20 Å². The standard InChI is InChI=1S/C15H15N3O2S/c1-17(10-13-6-4-8-20-13)14(19)11-21-15-16-9-12-5-2-3-7-18(12)15/h2-9H,10-11H2,1H3. The van der Waals surface area contributed by atoms with Gasteiger partial charge in [0.2, 0.25) is 5.91 Å². The van der Waals surface area contributed by atoms with Crippen LogP contribution in [0.4, 0.5) is 0 Å². The number of amides is 1. The van der Waals surface area contributed by atoms with Crippen molar-refractivity contribution in [2.24, 2.45) is 0 Å². The Morgan fingerprint density at radius 1 is 1.38 bits per heavy atom. The number of thioether (sulfide) groups is 1. The molecule has 0 atom stereocenters. The fourth-order valence-electron chi connectivity index (χ4n) is 1.99. The number of imidazole rings is 1. The fraction of sp³-hybridized carbons (Fsp3) is 0.200. The van der Waals surface area contributed by atoms with Crippen LogP contribution < -0.4 is 0 Å². The van der Waals surface area contributed by atoms with Crippen molar-refractivity contribution in [2.45, 2.75) is 11.7 Å². The summed E-state index contributed by atoms with van der Waals surface area (Å²) in [5.41, 5.74) is 1.02. The van der Waals surface area contributed by atoms with Gasteiger partial charge in [-0.25, -0.2) is 4.98 Å². The zero-order chi connectivity index (χ0) is 14.7. The van der Waals surface area contributed by atoms with Crippen LogP contribution in [-0.2, 0) is 11.3 Å². The molecule has 0 aliphatic heterocycles. The van der Waals surface area contributed by atoms with E-state index in [2.05, 4.69) is 4.98 Å². The van der Waals surface area contributed by atoms with Gasteiger partial charge in [0, 0.05) is 13.2 Å². The Bertz CT molecular complexity index is 736. The predicted molar refractivity (Wildman–Crippen MR) is 81.1 cm³/mol. The largest absolute Gasteiger partial charge is 0.467 e. The molecule has 1 amide bonds. The maximum atomic E-state index is 12.1. The fourth-order valence-corrected chi connectivity index (χ4v) is 2.89. The number of carbonyl (C=O) groups is 1. The number of rotatable bonds is 5. The van der Waals surface area contributed by atoms with Crippen molar-refractivity contribution < 1.29 is 9.21 Å². The SMILES string of the molecule is CN(Cc1ccco1)C(=O)CSc1ncc2ccccn12. The molecule has 5 nitrogen and oxygen atoms in total. The Labute approximate surface area is 126 Å². The Hall–Kier alpha value is -2.21. The molecular formula is C15H15N3O2S. The third-order valence-corrected chi connectivity index (χ3v) is 4.08. The highest BCUT2D eigenvalue weighted by Crippen LogP contribution is 2.18. The zero-order valence-corrected chi connectivity index (χ0v) is 12.4. The van der Waals surface area contributed by atoms with Gasteiger partial charge in [0.1, 0.15) is 5.76 Å². The lowest BCUT2D eigenvalue weighted by Gasteiger charge is -2.15. The predicted octanol–water partition coefficient (Wildman–Crippen LogP) is 2.68. The van der Waals surface area contributed by atoms with Crippen LogP contribution in [0.3, 0.4) is 0 Å². The zero-order valence-electron chi connectivity index (χ0n) is 11.6. The molecule has 21 heavy (non-hydrogen) atoms. The number of nitrogens with zero attached hydrogens (tertiary/aromatic N) is 3. The molecule has 108 valence electrons. The first-order valence-electron chi connectivity index (χ1n) is 6.55. The van der Waals surface area contributed by atoms with Crippen LogP contribution in [0.25, 0.3) is 5.52 Å². The van der Waals surface area contributed by atoms with Crippen LogP contribution in [0.5, 0.6) is 0 Å². The van der Waals surface area contributed by atoms with Crippen molar-refractivity contribution in [2.75, 3.05) is 12.8 Å². The van der Waals surface area contributed by atoms with E-state index in [1.807, 2.05) is 40.9 Å². The highest BCUT2D eigenvalue weighted by atomic mass is 32.2. The molecule has 0 N–H and O–H groups in total. The van der Waals surface area contributed by atoms with Crippen LogP contribution in [0.2, 0.25) is 0 Å². The minimum atomic E-state index is 0.0454. The summed E-state index contributed by atoms with van der Waals surface area (Å²) in [7, 11) is 1.77. The van der Waals surface area contributed by atoms with Crippen LogP contribution in [0, 0.1) is 0 Å². The summed E-state index contributed by atoms with van der Waals surface area (Å²) in [5.74, 6) is 1.18. The Morgan fingerprint density at radius 3 is 3.10 bits per heavy atom. The number of hydrogen-bond donors (Lipinski definition) is 0. The van der Waals surface area contributed by atoms with E-state index >= 15 is 0 Å². The minimum Gasteiger partial charge on any atom is -0.467 e. The van der Waals surface area contributed by atoms with E-state index in [0.717, 1.165) is 16.4 Å². The molecule has 3 rings (SSSR count). The first-order valence-corrected chi connectivity index (χ1v) is 7.54. The van der Waals surface area contributed by atoms with Gasteiger partial charge in [-0.05, 0) is 24.3 Å². The maximum Gasteiger partial charge on any atom is 0.233 e. The molecule has 0 unspecified atom stereocenters. The number of fused-ring (bicyclic) bond motifs is 1. The quantitative estimate of drug-likeness (QED) is 0.680. The lowest BCUT2D eigenvalue weighted by atomic mass is 10.4. The van der Waals surface area contributed by atoms with Crippen molar-refractivity contribution in [3.63, 3.8) is 0 Å². The average molecular weight is 301 g/mol. The lowest BCUT2D eigenvalue weighted by molar-refractivity contribution is -0.127. The van der Waals surface area contributed by atoms with Crippen molar-refractivity contribution in [3.05, 3.63) is 54.7 Å². The first kappa shape index (κ1) is 13.8. The molecule has 3 heterocycles. The van der Waals surface area contributed by atoms with E-state index in [1.165, 1.54) is 11.8 Å². The first-order chi connectivity index (χ1) is 10.2. The van der Waals surface area contributed by atoms with E-state index in [9.17, 15) is 4.79 Å². The number of hydrogen-bond acceptors (Lipinski definition) is 4. The van der Waals surface area contributed by atoms with Crippen molar-refractivity contribution in [3.8, 4) is 0 Å². The second kappa shape index (κ2) is 6.05. The molecule has 0 spiro atoms. The average Bonchev–Trinajstić information content (AvgIpc) is 3.14. The molecule has 0 aromatic carbocycles. The third-order valence-electron chi connectivity index (χ3n) is 3.13. The number of furan rings is 1. The molecular weight excluding hydrogens is 286 g/mol. The Balaban J connectivity index is 1.60. The van der Waals surface area contributed by atoms with Crippen molar-refractivity contribution in [1.82, 2.24) is 14.3 Å². The van der Waals surface area contributed by atoms with Crippen LogP contribution >= 0.6 is 11.8 Å². The van der Waals surface area contributed by atoms with Gasteiger partial charge in [-0.1, -0.05) is 17.8 Å². The molecule has 0 saturated heterocycles. The van der Waals surface area contributed by atoms with E-state index < -0.39 is 0 Å². The Morgan fingerprint density at radius 2 is 2.29 bits per heavy atom. The smallest absolute Gasteiger partial charge is 0.233 e. The van der Waals surface area contributed by atoms with E-state index in [4.69, 9.17) is 4.42 Å². The molecule has 6 heteroatoms. The van der Waals surface area contributed by atoms with E-state index in [-0.39, 0.29) is 5.91 Å². The van der Waals surface area contributed by atoms with Crippen molar-refractivity contribution >= 4 is 23.2 Å². The summed E-state index contributed by atoms with van der Waals surface area (Å²) in [6.07, 6.45) is 5.36. The normalized spacial score (nSPS) is 10.9. The molecule has 0 fully saturated rings. The second-order valence-electron chi connectivity index (χ2n) is 4.65. The topological polar surface area (TPSA) is 50.8 Å². The Kier molecular flexibility index (Phi) is 3.96. The van der Waals surface area contributed by atoms with Gasteiger partial charge in [-0.2, -0.15) is 0 Å². The summed E-state index contributed by atoms with van der Waals surface area (Å²) in [6, 6.07) is 9.58. The lowest BCUT2D eigenvalue weighted by Crippen LogP contribution is -2.27. The van der Waals surface area contributed by atoms with Crippen LogP contribution in [0.15, 0.2) is 58.6 Å².